The average molecular weight is 326 g/mol. The molecule has 2 unspecified atom stereocenters. The molecule has 69 valence electrons. The molecule has 10 heavy (non-hydrogen) atoms. The maximum absolute atomic E-state index is 8.56. The summed E-state index contributed by atoms with van der Waals surface area (Å²) in [5.41, 5.74) is 0. The van der Waals surface area contributed by atoms with Crippen molar-refractivity contribution in [1.82, 2.24) is 0 Å². The van der Waals surface area contributed by atoms with Crippen LogP contribution in [0, 0.1) is 14.9 Å². The van der Waals surface area contributed by atoms with E-state index < -0.39 is 0 Å². The molecule has 0 saturated heterocycles. The molecule has 0 spiro atoms. The first-order valence-corrected chi connectivity index (χ1v) is 2.49. The van der Waals surface area contributed by atoms with Crippen molar-refractivity contribution in [3.05, 3.63) is 14.9 Å². The van der Waals surface area contributed by atoms with Crippen molar-refractivity contribution in [3.63, 3.8) is 0 Å². The third-order valence-corrected chi connectivity index (χ3v) is 0.682. The Morgan fingerprint density at radius 1 is 1.00 bits per heavy atom. The van der Waals surface area contributed by atoms with E-state index in [2.05, 4.69) is 0 Å². The van der Waals surface area contributed by atoms with Crippen molar-refractivity contribution >= 4 is 0 Å². The van der Waals surface area contributed by atoms with Gasteiger partial charge in [-0.05, 0) is 20.3 Å². The van der Waals surface area contributed by atoms with Crippen LogP contribution < -0.4 is 0 Å². The van der Waals surface area contributed by atoms with Crippen LogP contribution in [0.25, 0.3) is 0 Å². The summed E-state index contributed by atoms with van der Waals surface area (Å²) in [5.74, 6) is 0. The second-order valence-corrected chi connectivity index (χ2v) is 1.93. The molecule has 0 aliphatic rings. The zero-order chi connectivity index (χ0) is 5.86. The van der Waals surface area contributed by atoms with Crippen molar-refractivity contribution in [2.24, 2.45) is 0 Å². The Morgan fingerprint density at radius 3 is 1.20 bits per heavy atom. The van der Waals surface area contributed by atoms with Gasteiger partial charge < -0.3 is 25.1 Å². The van der Waals surface area contributed by atoms with Crippen LogP contribution in [-0.2, 0) is 20.1 Å². The molecule has 0 aromatic carbocycles. The van der Waals surface area contributed by atoms with Crippen LogP contribution in [0.2, 0.25) is 0 Å². The Morgan fingerprint density at radius 2 is 1.20 bits per heavy atom. The number of aliphatic hydroxyl groups excluding tert-OH is 2. The number of hydrogen-bond donors (Lipinski definition) is 2. The molecule has 3 heteroatoms. The number of aliphatic hydroxyl groups is 2. The monoisotopic (exact) mass is 327 g/mol. The quantitative estimate of drug-likeness (QED) is 0.745. The standard InChI is InChI=1S/C5H12O2.2CH3.Ir/c1-4(6)3-5(2)7;;;/h4-7H,3H2,1-2H3;2*1H3;/q;2*-1;. The fourth-order valence-corrected chi connectivity index (χ4v) is 0.494. The van der Waals surface area contributed by atoms with E-state index in [1.165, 1.54) is 0 Å². The molecule has 0 aliphatic carbocycles. The molecule has 0 rings (SSSR count). The van der Waals surface area contributed by atoms with E-state index >= 15 is 0 Å². The molecule has 1 radical (unpaired) electrons. The molecule has 0 saturated carbocycles. The molecule has 0 bridgehead atoms. The summed E-state index contributed by atoms with van der Waals surface area (Å²) in [4.78, 5) is 0. The zero-order valence-electron chi connectivity index (χ0n) is 7.09. The average Bonchev–Trinajstić information content (AvgIpc) is 1.27. The molecule has 2 nitrogen and oxygen atoms in total. The van der Waals surface area contributed by atoms with Crippen LogP contribution in [0.5, 0.6) is 0 Å². The van der Waals surface area contributed by atoms with Gasteiger partial charge in [0.15, 0.2) is 0 Å². The molecule has 0 aromatic heterocycles. The second-order valence-electron chi connectivity index (χ2n) is 1.93. The van der Waals surface area contributed by atoms with E-state index in [0.717, 1.165) is 0 Å². The zero-order valence-corrected chi connectivity index (χ0v) is 9.48. The summed E-state index contributed by atoms with van der Waals surface area (Å²) in [6, 6.07) is 0. The van der Waals surface area contributed by atoms with Gasteiger partial charge in [-0.2, -0.15) is 0 Å². The predicted molar refractivity (Wildman–Crippen MR) is 40.8 cm³/mol. The Balaban J connectivity index is -0.0000000600. The van der Waals surface area contributed by atoms with Crippen LogP contribution in [0.4, 0.5) is 0 Å². The van der Waals surface area contributed by atoms with Crippen LogP contribution in [0.1, 0.15) is 20.3 Å². The van der Waals surface area contributed by atoms with Crippen molar-refractivity contribution in [2.75, 3.05) is 0 Å². The molecule has 0 aromatic rings. The van der Waals surface area contributed by atoms with Gasteiger partial charge in [-0.25, -0.2) is 0 Å². The topological polar surface area (TPSA) is 40.5 Å². The Bertz CT molecular complexity index is 40.9. The van der Waals surface area contributed by atoms with Gasteiger partial charge in [0.2, 0.25) is 0 Å². The number of hydrogen-bond acceptors (Lipinski definition) is 2. The Hall–Kier alpha value is 0.569. The summed E-state index contributed by atoms with van der Waals surface area (Å²) < 4.78 is 0. The van der Waals surface area contributed by atoms with E-state index in [1.807, 2.05) is 0 Å². The smallest absolute Gasteiger partial charge is 0.0536 e. The molecule has 2 atom stereocenters. The summed E-state index contributed by atoms with van der Waals surface area (Å²) >= 11 is 0. The fourth-order valence-electron chi connectivity index (χ4n) is 0.494. The minimum Gasteiger partial charge on any atom is -0.393 e. The van der Waals surface area contributed by atoms with E-state index in [0.29, 0.717) is 6.42 Å². The van der Waals surface area contributed by atoms with Gasteiger partial charge >= 0.3 is 0 Å². The minimum atomic E-state index is -0.375. The molecular formula is C7H18IrO2-2. The van der Waals surface area contributed by atoms with Crippen LogP contribution in [0.15, 0.2) is 0 Å². The van der Waals surface area contributed by atoms with Crippen molar-refractivity contribution in [2.45, 2.75) is 32.5 Å². The molecular weight excluding hydrogens is 308 g/mol. The SMILES string of the molecule is CC(O)CC(C)O.[CH3-].[CH3-].[Ir]. The van der Waals surface area contributed by atoms with Crippen LogP contribution >= 0.6 is 0 Å². The first kappa shape index (κ1) is 22.4. The van der Waals surface area contributed by atoms with Crippen molar-refractivity contribution < 1.29 is 30.3 Å². The minimum absolute atomic E-state index is 0. The normalized spacial score (nSPS) is 13.2. The second kappa shape index (κ2) is 12.3. The van der Waals surface area contributed by atoms with Crippen LogP contribution in [0.3, 0.4) is 0 Å². The van der Waals surface area contributed by atoms with Gasteiger partial charge in [0, 0.05) is 20.1 Å². The largest absolute Gasteiger partial charge is 0.393 e. The van der Waals surface area contributed by atoms with Gasteiger partial charge in [0.1, 0.15) is 0 Å². The van der Waals surface area contributed by atoms with Gasteiger partial charge in [-0.15, -0.1) is 0 Å². The third kappa shape index (κ3) is 23.5. The van der Waals surface area contributed by atoms with Gasteiger partial charge in [0.25, 0.3) is 0 Å². The Kier molecular flexibility index (Phi) is 27.5. The summed E-state index contributed by atoms with van der Waals surface area (Å²) in [7, 11) is 0. The van der Waals surface area contributed by atoms with E-state index in [1.54, 1.807) is 13.8 Å². The fraction of sp³-hybridized carbons (Fsp3) is 0.714. The predicted octanol–water partition coefficient (Wildman–Crippen LogP) is 1.04. The summed E-state index contributed by atoms with van der Waals surface area (Å²) in [6.45, 7) is 3.32. The van der Waals surface area contributed by atoms with Gasteiger partial charge in [0.05, 0.1) is 12.2 Å². The maximum atomic E-state index is 8.56. The van der Waals surface area contributed by atoms with E-state index in [4.69, 9.17) is 10.2 Å². The summed E-state index contributed by atoms with van der Waals surface area (Å²) in [5, 5.41) is 17.1. The maximum Gasteiger partial charge on any atom is 0.0536 e. The molecule has 0 fully saturated rings. The van der Waals surface area contributed by atoms with Gasteiger partial charge in [-0.1, -0.05) is 0 Å². The first-order valence-electron chi connectivity index (χ1n) is 2.49. The Labute approximate surface area is 78.0 Å². The molecule has 0 aliphatic heterocycles. The van der Waals surface area contributed by atoms with Crippen LogP contribution in [-0.4, -0.2) is 22.4 Å². The summed E-state index contributed by atoms with van der Waals surface area (Å²) in [6.07, 6.45) is -0.278. The number of rotatable bonds is 2. The van der Waals surface area contributed by atoms with Gasteiger partial charge in [-0.3, -0.25) is 0 Å². The van der Waals surface area contributed by atoms with Crippen molar-refractivity contribution in [1.29, 1.82) is 0 Å². The van der Waals surface area contributed by atoms with E-state index in [9.17, 15) is 0 Å². The van der Waals surface area contributed by atoms with Crippen molar-refractivity contribution in [3.8, 4) is 0 Å². The van der Waals surface area contributed by atoms with E-state index in [-0.39, 0.29) is 47.2 Å². The molecule has 2 N–H and O–H groups in total. The first-order chi connectivity index (χ1) is 3.13. The molecule has 0 amide bonds. The third-order valence-electron chi connectivity index (χ3n) is 0.682. The molecule has 0 heterocycles.